The van der Waals surface area contributed by atoms with E-state index in [-0.39, 0.29) is 11.3 Å². The second kappa shape index (κ2) is 2.85. The molecule has 1 aromatic rings. The highest BCUT2D eigenvalue weighted by Gasteiger charge is 2.09. The predicted molar refractivity (Wildman–Crippen MR) is 47.2 cm³/mol. The molecule has 0 aliphatic rings. The van der Waals surface area contributed by atoms with Gasteiger partial charge in [-0.1, -0.05) is 6.58 Å². The van der Waals surface area contributed by atoms with E-state index in [0.717, 1.165) is 0 Å². The molecule has 0 heterocycles. The third-order valence-electron chi connectivity index (χ3n) is 1.72. The van der Waals surface area contributed by atoms with Crippen LogP contribution in [-0.2, 0) is 0 Å². The zero-order valence-corrected chi connectivity index (χ0v) is 6.76. The van der Waals surface area contributed by atoms with Gasteiger partial charge in [-0.25, -0.2) is 4.39 Å². The fourth-order valence-electron chi connectivity index (χ4n) is 1.09. The summed E-state index contributed by atoms with van der Waals surface area (Å²) in [5, 5.41) is 9.07. The van der Waals surface area contributed by atoms with Crippen molar-refractivity contribution in [1.82, 2.24) is 0 Å². The molecule has 64 valence electrons. The van der Waals surface area contributed by atoms with Crippen molar-refractivity contribution in [3.05, 3.63) is 35.7 Å². The summed E-state index contributed by atoms with van der Waals surface area (Å²) in [5.41, 5.74) is 6.45. The summed E-state index contributed by atoms with van der Waals surface area (Å²) in [6.45, 7) is 4.84. The number of aliphatic hydroxyl groups excluding tert-OH is 1. The number of hydrogen-bond acceptors (Lipinski definition) is 2. The standard InChI is InChI=1S/C9H10FNO/c1-5-7(10)3-4-8(11)9(5)6(2)12/h3-4,12H,2,11H2,1H3. The molecular formula is C9H10FNO. The Hall–Kier alpha value is -1.51. The Labute approximate surface area is 70.1 Å². The summed E-state index contributed by atoms with van der Waals surface area (Å²) in [6.07, 6.45) is 0. The molecule has 1 aromatic carbocycles. The number of anilines is 1. The molecule has 3 heteroatoms. The van der Waals surface area contributed by atoms with Crippen molar-refractivity contribution < 1.29 is 9.50 Å². The summed E-state index contributed by atoms with van der Waals surface area (Å²) in [7, 11) is 0. The van der Waals surface area contributed by atoms with Crippen LogP contribution in [0, 0.1) is 12.7 Å². The maximum absolute atomic E-state index is 12.9. The zero-order valence-electron chi connectivity index (χ0n) is 6.76. The SMILES string of the molecule is C=C(O)c1c(N)ccc(F)c1C. The monoisotopic (exact) mass is 167 g/mol. The van der Waals surface area contributed by atoms with Crippen LogP contribution in [0.1, 0.15) is 11.1 Å². The third kappa shape index (κ3) is 1.25. The lowest BCUT2D eigenvalue weighted by Gasteiger charge is -2.07. The lowest BCUT2D eigenvalue weighted by atomic mass is 10.1. The topological polar surface area (TPSA) is 46.2 Å². The molecule has 3 N–H and O–H groups in total. The molecule has 0 aliphatic carbocycles. The average Bonchev–Trinajstić information content (AvgIpc) is 1.97. The van der Waals surface area contributed by atoms with Crippen molar-refractivity contribution in [3.63, 3.8) is 0 Å². The molecule has 0 radical (unpaired) electrons. The Morgan fingerprint density at radius 1 is 1.58 bits per heavy atom. The first-order valence-electron chi connectivity index (χ1n) is 3.47. The Balaban J connectivity index is 3.43. The lowest BCUT2D eigenvalue weighted by molar-refractivity contribution is 0.512. The minimum Gasteiger partial charge on any atom is -0.508 e. The number of hydrogen-bond donors (Lipinski definition) is 2. The lowest BCUT2D eigenvalue weighted by Crippen LogP contribution is -1.98. The van der Waals surface area contributed by atoms with Gasteiger partial charge in [0.05, 0.1) is 0 Å². The summed E-state index contributed by atoms with van der Waals surface area (Å²) in [5.74, 6) is -0.598. The largest absolute Gasteiger partial charge is 0.508 e. The van der Waals surface area contributed by atoms with Crippen LogP contribution >= 0.6 is 0 Å². The normalized spacial score (nSPS) is 9.83. The van der Waals surface area contributed by atoms with E-state index in [0.29, 0.717) is 11.3 Å². The Bertz CT molecular complexity index is 334. The van der Waals surface area contributed by atoms with Crippen molar-refractivity contribution in [1.29, 1.82) is 0 Å². The number of halogens is 1. The minimum absolute atomic E-state index is 0.204. The van der Waals surface area contributed by atoms with Crippen molar-refractivity contribution in [2.45, 2.75) is 6.92 Å². The first kappa shape index (κ1) is 8.59. The van der Waals surface area contributed by atoms with Crippen LogP contribution in [0.4, 0.5) is 10.1 Å². The van der Waals surface area contributed by atoms with E-state index in [9.17, 15) is 4.39 Å². The fourth-order valence-corrected chi connectivity index (χ4v) is 1.09. The Morgan fingerprint density at radius 3 is 2.58 bits per heavy atom. The van der Waals surface area contributed by atoms with Gasteiger partial charge in [-0.2, -0.15) is 0 Å². The molecule has 0 unspecified atom stereocenters. The summed E-state index contributed by atoms with van der Waals surface area (Å²) >= 11 is 0. The van der Waals surface area contributed by atoms with Gasteiger partial charge in [0, 0.05) is 11.3 Å². The van der Waals surface area contributed by atoms with E-state index in [2.05, 4.69) is 6.58 Å². The van der Waals surface area contributed by atoms with Crippen LogP contribution in [-0.4, -0.2) is 5.11 Å². The van der Waals surface area contributed by atoms with Crippen LogP contribution in [0.2, 0.25) is 0 Å². The van der Waals surface area contributed by atoms with Gasteiger partial charge in [-0.3, -0.25) is 0 Å². The van der Waals surface area contributed by atoms with Crippen LogP contribution in [0.25, 0.3) is 5.76 Å². The molecule has 0 aromatic heterocycles. The molecule has 0 saturated carbocycles. The Kier molecular flexibility index (Phi) is 2.04. The van der Waals surface area contributed by atoms with Crippen LogP contribution < -0.4 is 5.73 Å². The van der Waals surface area contributed by atoms with Gasteiger partial charge in [0.25, 0.3) is 0 Å². The molecule has 0 bridgehead atoms. The number of nitrogen functional groups attached to an aromatic ring is 1. The average molecular weight is 167 g/mol. The highest BCUT2D eigenvalue weighted by Crippen LogP contribution is 2.24. The summed E-state index contributed by atoms with van der Waals surface area (Å²) < 4.78 is 12.9. The van der Waals surface area contributed by atoms with Crippen LogP contribution in [0.15, 0.2) is 18.7 Å². The molecule has 0 spiro atoms. The third-order valence-corrected chi connectivity index (χ3v) is 1.72. The molecule has 0 atom stereocenters. The number of aliphatic hydroxyl groups is 1. The van der Waals surface area contributed by atoms with Gasteiger partial charge in [0.15, 0.2) is 0 Å². The van der Waals surface area contributed by atoms with Crippen molar-refractivity contribution >= 4 is 11.4 Å². The maximum atomic E-state index is 12.9. The maximum Gasteiger partial charge on any atom is 0.127 e. The highest BCUT2D eigenvalue weighted by atomic mass is 19.1. The first-order chi connectivity index (χ1) is 5.54. The fraction of sp³-hybridized carbons (Fsp3) is 0.111. The van der Waals surface area contributed by atoms with E-state index in [1.807, 2.05) is 0 Å². The molecular weight excluding hydrogens is 157 g/mol. The predicted octanol–water partition coefficient (Wildman–Crippen LogP) is 2.25. The molecule has 12 heavy (non-hydrogen) atoms. The molecule has 0 amide bonds. The smallest absolute Gasteiger partial charge is 0.127 e. The van der Waals surface area contributed by atoms with E-state index < -0.39 is 5.82 Å². The zero-order chi connectivity index (χ0) is 9.30. The van der Waals surface area contributed by atoms with Crippen molar-refractivity contribution in [2.75, 3.05) is 5.73 Å². The Morgan fingerprint density at radius 2 is 2.17 bits per heavy atom. The van der Waals surface area contributed by atoms with Gasteiger partial charge < -0.3 is 10.8 Å². The minimum atomic E-state index is -0.394. The molecule has 2 nitrogen and oxygen atoms in total. The van der Waals surface area contributed by atoms with E-state index in [1.165, 1.54) is 12.1 Å². The van der Waals surface area contributed by atoms with Gasteiger partial charge in [-0.05, 0) is 24.6 Å². The second-order valence-corrected chi connectivity index (χ2v) is 2.58. The van der Waals surface area contributed by atoms with Gasteiger partial charge in [0.2, 0.25) is 0 Å². The second-order valence-electron chi connectivity index (χ2n) is 2.58. The van der Waals surface area contributed by atoms with Gasteiger partial charge in [0.1, 0.15) is 11.6 Å². The number of rotatable bonds is 1. The quantitative estimate of drug-likeness (QED) is 0.497. The number of nitrogens with two attached hydrogens (primary N) is 1. The molecule has 0 saturated heterocycles. The highest BCUT2D eigenvalue weighted by molar-refractivity contribution is 5.71. The van der Waals surface area contributed by atoms with Crippen molar-refractivity contribution in [2.24, 2.45) is 0 Å². The molecule has 1 rings (SSSR count). The number of benzene rings is 1. The van der Waals surface area contributed by atoms with Gasteiger partial charge in [-0.15, -0.1) is 0 Å². The van der Waals surface area contributed by atoms with E-state index in [4.69, 9.17) is 10.8 Å². The van der Waals surface area contributed by atoms with Crippen LogP contribution in [0.5, 0.6) is 0 Å². The van der Waals surface area contributed by atoms with Crippen molar-refractivity contribution in [3.8, 4) is 0 Å². The summed E-state index contributed by atoms with van der Waals surface area (Å²) in [4.78, 5) is 0. The molecule has 0 fully saturated rings. The first-order valence-corrected chi connectivity index (χ1v) is 3.47. The van der Waals surface area contributed by atoms with Gasteiger partial charge >= 0.3 is 0 Å². The van der Waals surface area contributed by atoms with E-state index in [1.54, 1.807) is 6.92 Å². The molecule has 0 aliphatic heterocycles. The van der Waals surface area contributed by atoms with E-state index >= 15 is 0 Å². The van der Waals surface area contributed by atoms with Crippen LogP contribution in [0.3, 0.4) is 0 Å². The summed E-state index contributed by atoms with van der Waals surface area (Å²) in [6, 6.07) is 2.66.